The molecule has 22 heavy (non-hydrogen) atoms. The van der Waals surface area contributed by atoms with Crippen LogP contribution in [-0.4, -0.2) is 33.3 Å². The molecule has 1 aromatic carbocycles. The maximum absolute atomic E-state index is 11.8. The molecule has 0 aliphatic heterocycles. The van der Waals surface area contributed by atoms with E-state index in [0.717, 1.165) is 12.2 Å². The maximum atomic E-state index is 11.8. The lowest BCUT2D eigenvalue weighted by atomic mass is 10.2. The van der Waals surface area contributed by atoms with Crippen molar-refractivity contribution in [2.24, 2.45) is 0 Å². The molecule has 1 amide bonds. The third-order valence-corrected chi connectivity index (χ3v) is 3.19. The minimum absolute atomic E-state index is 0.0276. The summed E-state index contributed by atoms with van der Waals surface area (Å²) in [6.07, 6.45) is 4.34. The summed E-state index contributed by atoms with van der Waals surface area (Å²) in [5.41, 5.74) is 1.20. The van der Waals surface area contributed by atoms with Crippen LogP contribution in [0.3, 0.4) is 0 Å². The van der Waals surface area contributed by atoms with Gasteiger partial charge in [0.05, 0.1) is 6.04 Å². The first-order valence-corrected chi connectivity index (χ1v) is 7.45. The average molecular weight is 302 g/mol. The van der Waals surface area contributed by atoms with Crippen LogP contribution in [0.5, 0.6) is 5.75 Å². The molecule has 0 unspecified atom stereocenters. The molecule has 0 aliphatic rings. The van der Waals surface area contributed by atoms with Gasteiger partial charge in [-0.25, -0.2) is 4.98 Å². The van der Waals surface area contributed by atoms with Crippen molar-refractivity contribution in [1.82, 2.24) is 20.1 Å². The zero-order valence-electron chi connectivity index (χ0n) is 13.0. The van der Waals surface area contributed by atoms with Gasteiger partial charge < -0.3 is 10.1 Å². The number of aromatic nitrogens is 3. The first kappa shape index (κ1) is 16.0. The summed E-state index contributed by atoms with van der Waals surface area (Å²) in [7, 11) is 0. The highest BCUT2D eigenvalue weighted by Gasteiger charge is 2.08. The number of nitrogens with one attached hydrogen (secondary N) is 1. The molecule has 6 heteroatoms. The summed E-state index contributed by atoms with van der Waals surface area (Å²) in [4.78, 5) is 15.7. The SMILES string of the molecule is Cc1ccc(OC[C@@H](C)NC(=O)CCCn2cncn2)cc1. The molecule has 0 saturated heterocycles. The third-order valence-electron chi connectivity index (χ3n) is 3.19. The molecule has 1 N–H and O–H groups in total. The van der Waals surface area contributed by atoms with Gasteiger partial charge in [-0.1, -0.05) is 17.7 Å². The second-order valence-electron chi connectivity index (χ2n) is 5.35. The quantitative estimate of drug-likeness (QED) is 0.809. The van der Waals surface area contributed by atoms with Crippen molar-refractivity contribution in [3.63, 3.8) is 0 Å². The van der Waals surface area contributed by atoms with Gasteiger partial charge in [-0.05, 0) is 32.4 Å². The summed E-state index contributed by atoms with van der Waals surface area (Å²) < 4.78 is 7.37. The average Bonchev–Trinajstić information content (AvgIpc) is 3.00. The molecule has 0 aliphatic carbocycles. The number of rotatable bonds is 8. The Morgan fingerprint density at radius 1 is 1.36 bits per heavy atom. The zero-order chi connectivity index (χ0) is 15.8. The minimum Gasteiger partial charge on any atom is -0.491 e. The lowest BCUT2D eigenvalue weighted by molar-refractivity contribution is -0.122. The van der Waals surface area contributed by atoms with E-state index in [2.05, 4.69) is 15.4 Å². The Bertz CT molecular complexity index is 566. The smallest absolute Gasteiger partial charge is 0.220 e. The van der Waals surface area contributed by atoms with Crippen LogP contribution in [0.4, 0.5) is 0 Å². The Morgan fingerprint density at radius 2 is 2.14 bits per heavy atom. The molecule has 1 heterocycles. The van der Waals surface area contributed by atoms with Gasteiger partial charge in [0.15, 0.2) is 0 Å². The molecule has 1 aromatic heterocycles. The summed E-state index contributed by atoms with van der Waals surface area (Å²) in [6.45, 7) is 5.12. The second-order valence-corrected chi connectivity index (χ2v) is 5.35. The second kappa shape index (κ2) is 8.17. The molecule has 0 fully saturated rings. The van der Waals surface area contributed by atoms with E-state index in [1.54, 1.807) is 11.0 Å². The van der Waals surface area contributed by atoms with E-state index in [4.69, 9.17) is 4.74 Å². The Labute approximate surface area is 130 Å². The van der Waals surface area contributed by atoms with Crippen molar-refractivity contribution < 1.29 is 9.53 Å². The van der Waals surface area contributed by atoms with Crippen molar-refractivity contribution in [2.75, 3.05) is 6.61 Å². The predicted octanol–water partition coefficient (Wildman–Crippen LogP) is 1.95. The fourth-order valence-electron chi connectivity index (χ4n) is 1.99. The van der Waals surface area contributed by atoms with Gasteiger partial charge in [0.25, 0.3) is 0 Å². The summed E-state index contributed by atoms with van der Waals surface area (Å²) in [6, 6.07) is 7.84. The van der Waals surface area contributed by atoms with Gasteiger partial charge in [0.2, 0.25) is 5.91 Å². The number of benzene rings is 1. The lowest BCUT2D eigenvalue weighted by Gasteiger charge is -2.15. The monoisotopic (exact) mass is 302 g/mol. The van der Waals surface area contributed by atoms with Crippen LogP contribution >= 0.6 is 0 Å². The van der Waals surface area contributed by atoms with Gasteiger partial charge in [-0.3, -0.25) is 9.48 Å². The number of aryl methyl sites for hydroxylation is 2. The van der Waals surface area contributed by atoms with Gasteiger partial charge in [0.1, 0.15) is 25.0 Å². The molecule has 6 nitrogen and oxygen atoms in total. The molecule has 0 radical (unpaired) electrons. The van der Waals surface area contributed by atoms with E-state index in [0.29, 0.717) is 19.6 Å². The number of nitrogens with zero attached hydrogens (tertiary/aromatic N) is 3. The molecule has 2 rings (SSSR count). The van der Waals surface area contributed by atoms with Crippen molar-refractivity contribution in [2.45, 2.75) is 39.3 Å². The fourth-order valence-corrected chi connectivity index (χ4v) is 1.99. The van der Waals surface area contributed by atoms with Gasteiger partial charge in [-0.15, -0.1) is 0 Å². The summed E-state index contributed by atoms with van der Waals surface area (Å²) in [5.74, 6) is 0.845. The van der Waals surface area contributed by atoms with E-state index in [1.807, 2.05) is 38.1 Å². The Hall–Kier alpha value is -2.37. The molecule has 0 spiro atoms. The minimum atomic E-state index is -0.0276. The molecular weight excluding hydrogens is 280 g/mol. The molecule has 2 aromatic rings. The summed E-state index contributed by atoms with van der Waals surface area (Å²) >= 11 is 0. The zero-order valence-corrected chi connectivity index (χ0v) is 13.0. The molecule has 0 saturated carbocycles. The molecule has 118 valence electrons. The van der Waals surface area contributed by atoms with E-state index in [1.165, 1.54) is 11.9 Å². The molecule has 0 bridgehead atoms. The Kier molecular flexibility index (Phi) is 5.94. The summed E-state index contributed by atoms with van der Waals surface area (Å²) in [5, 5.41) is 6.93. The number of hydrogen-bond donors (Lipinski definition) is 1. The largest absolute Gasteiger partial charge is 0.491 e. The van der Waals surface area contributed by atoms with Crippen molar-refractivity contribution >= 4 is 5.91 Å². The van der Waals surface area contributed by atoms with Crippen LogP contribution in [0.2, 0.25) is 0 Å². The van der Waals surface area contributed by atoms with Crippen LogP contribution in [0, 0.1) is 6.92 Å². The van der Waals surface area contributed by atoms with Crippen molar-refractivity contribution in [3.8, 4) is 5.75 Å². The molecular formula is C16H22N4O2. The van der Waals surface area contributed by atoms with Crippen molar-refractivity contribution in [3.05, 3.63) is 42.5 Å². The van der Waals surface area contributed by atoms with Crippen LogP contribution in [-0.2, 0) is 11.3 Å². The normalized spacial score (nSPS) is 11.9. The highest BCUT2D eigenvalue weighted by molar-refractivity contribution is 5.76. The number of carbonyl (C=O) groups is 1. The van der Waals surface area contributed by atoms with E-state index in [-0.39, 0.29) is 11.9 Å². The van der Waals surface area contributed by atoms with E-state index in [9.17, 15) is 4.79 Å². The van der Waals surface area contributed by atoms with E-state index >= 15 is 0 Å². The highest BCUT2D eigenvalue weighted by atomic mass is 16.5. The van der Waals surface area contributed by atoms with Crippen LogP contribution in [0.1, 0.15) is 25.3 Å². The standard InChI is InChI=1S/C16H22N4O2/c1-13-5-7-15(8-6-13)22-10-14(2)19-16(21)4-3-9-20-12-17-11-18-20/h5-8,11-12,14H,3-4,9-10H2,1-2H3,(H,19,21)/t14-/m1/s1. The number of carbonyl (C=O) groups excluding carboxylic acids is 1. The van der Waals surface area contributed by atoms with Gasteiger partial charge >= 0.3 is 0 Å². The number of hydrogen-bond acceptors (Lipinski definition) is 4. The van der Waals surface area contributed by atoms with Crippen LogP contribution in [0.25, 0.3) is 0 Å². The lowest BCUT2D eigenvalue weighted by Crippen LogP contribution is -2.36. The Morgan fingerprint density at radius 3 is 2.82 bits per heavy atom. The van der Waals surface area contributed by atoms with E-state index < -0.39 is 0 Å². The first-order chi connectivity index (χ1) is 10.6. The topological polar surface area (TPSA) is 69.0 Å². The van der Waals surface area contributed by atoms with Crippen molar-refractivity contribution in [1.29, 1.82) is 0 Å². The third kappa shape index (κ3) is 5.55. The Balaban J connectivity index is 1.62. The van der Waals surface area contributed by atoms with Crippen LogP contribution in [0.15, 0.2) is 36.9 Å². The maximum Gasteiger partial charge on any atom is 0.220 e. The number of amides is 1. The highest BCUT2D eigenvalue weighted by Crippen LogP contribution is 2.11. The van der Waals surface area contributed by atoms with Gasteiger partial charge in [0, 0.05) is 13.0 Å². The number of ether oxygens (including phenoxy) is 1. The fraction of sp³-hybridized carbons (Fsp3) is 0.438. The van der Waals surface area contributed by atoms with Gasteiger partial charge in [-0.2, -0.15) is 5.10 Å². The predicted molar refractivity (Wildman–Crippen MR) is 83.5 cm³/mol. The first-order valence-electron chi connectivity index (χ1n) is 7.45. The molecule has 1 atom stereocenters. The van der Waals surface area contributed by atoms with Crippen LogP contribution < -0.4 is 10.1 Å².